The number of thioether (sulfide) groups is 1. The Kier molecular flexibility index (Phi) is 5.84. The summed E-state index contributed by atoms with van der Waals surface area (Å²) in [6.07, 6.45) is 1.11. The van der Waals surface area contributed by atoms with Crippen LogP contribution in [0.1, 0.15) is 33.6 Å². The SMILES string of the molecule is CCC(C)(C)C(=O)SCCC(=O)OC. The first kappa shape index (κ1) is 13.5. The summed E-state index contributed by atoms with van der Waals surface area (Å²) in [5.74, 6) is 0.245. The molecule has 0 N–H and O–H groups in total. The number of carbonyl (C=O) groups excluding carboxylic acids is 2. The largest absolute Gasteiger partial charge is 0.469 e. The van der Waals surface area contributed by atoms with Crippen molar-refractivity contribution >= 4 is 22.8 Å². The lowest BCUT2D eigenvalue weighted by molar-refractivity contribution is -0.140. The molecule has 0 aromatic heterocycles. The van der Waals surface area contributed by atoms with Crippen LogP contribution in [0, 0.1) is 5.41 Å². The van der Waals surface area contributed by atoms with Crippen LogP contribution in [-0.2, 0) is 14.3 Å². The molecule has 0 saturated heterocycles. The number of rotatable bonds is 5. The number of carbonyl (C=O) groups is 2. The predicted octanol–water partition coefficient (Wildman–Crippen LogP) is 2.25. The van der Waals surface area contributed by atoms with E-state index in [9.17, 15) is 9.59 Å². The normalized spacial score (nSPS) is 11.1. The van der Waals surface area contributed by atoms with E-state index in [1.165, 1.54) is 18.9 Å². The topological polar surface area (TPSA) is 43.4 Å². The quantitative estimate of drug-likeness (QED) is 0.664. The third-order valence-corrected chi connectivity index (χ3v) is 3.43. The van der Waals surface area contributed by atoms with Gasteiger partial charge in [-0.1, -0.05) is 32.5 Å². The van der Waals surface area contributed by atoms with Crippen molar-refractivity contribution in [2.45, 2.75) is 33.6 Å². The third kappa shape index (κ3) is 4.65. The van der Waals surface area contributed by atoms with Gasteiger partial charge >= 0.3 is 5.97 Å². The minimum Gasteiger partial charge on any atom is -0.469 e. The van der Waals surface area contributed by atoms with Gasteiger partial charge in [-0.3, -0.25) is 9.59 Å². The zero-order chi connectivity index (χ0) is 11.2. The van der Waals surface area contributed by atoms with Gasteiger partial charge in [-0.25, -0.2) is 0 Å². The molecule has 14 heavy (non-hydrogen) atoms. The van der Waals surface area contributed by atoms with E-state index in [1.807, 2.05) is 20.8 Å². The van der Waals surface area contributed by atoms with Crippen molar-refractivity contribution in [2.75, 3.05) is 12.9 Å². The average molecular weight is 218 g/mol. The molecule has 0 rings (SSSR count). The lowest BCUT2D eigenvalue weighted by atomic mass is 9.92. The van der Waals surface area contributed by atoms with Crippen LogP contribution in [0.5, 0.6) is 0 Å². The van der Waals surface area contributed by atoms with E-state index in [4.69, 9.17) is 0 Å². The Bertz CT molecular complexity index is 211. The summed E-state index contributed by atoms with van der Waals surface area (Å²) in [6, 6.07) is 0. The van der Waals surface area contributed by atoms with Gasteiger partial charge in [0.2, 0.25) is 0 Å². The third-order valence-electron chi connectivity index (χ3n) is 2.20. The number of methoxy groups -OCH3 is 1. The average Bonchev–Trinajstić information content (AvgIpc) is 2.17. The maximum atomic E-state index is 11.6. The summed E-state index contributed by atoms with van der Waals surface area (Å²) in [5, 5.41) is 0.143. The van der Waals surface area contributed by atoms with E-state index in [0.717, 1.165) is 6.42 Å². The van der Waals surface area contributed by atoms with Gasteiger partial charge in [-0.05, 0) is 6.42 Å². The van der Waals surface area contributed by atoms with Crippen LogP contribution in [0.4, 0.5) is 0 Å². The number of hydrogen-bond acceptors (Lipinski definition) is 4. The van der Waals surface area contributed by atoms with Gasteiger partial charge in [-0.15, -0.1) is 0 Å². The Morgan fingerprint density at radius 1 is 1.36 bits per heavy atom. The van der Waals surface area contributed by atoms with Gasteiger partial charge in [0.15, 0.2) is 5.12 Å². The predicted molar refractivity (Wildman–Crippen MR) is 58.2 cm³/mol. The van der Waals surface area contributed by atoms with Crippen molar-refractivity contribution in [3.63, 3.8) is 0 Å². The van der Waals surface area contributed by atoms with Gasteiger partial charge in [0.05, 0.1) is 13.5 Å². The Hall–Kier alpha value is -0.510. The van der Waals surface area contributed by atoms with Crippen molar-refractivity contribution in [3.05, 3.63) is 0 Å². The monoisotopic (exact) mass is 218 g/mol. The molecule has 0 radical (unpaired) electrons. The molecule has 0 heterocycles. The Morgan fingerprint density at radius 2 is 1.93 bits per heavy atom. The van der Waals surface area contributed by atoms with Crippen molar-refractivity contribution in [1.82, 2.24) is 0 Å². The first-order valence-electron chi connectivity index (χ1n) is 4.68. The molecule has 3 nitrogen and oxygen atoms in total. The molecule has 0 aromatic carbocycles. The zero-order valence-corrected chi connectivity index (χ0v) is 10.1. The van der Waals surface area contributed by atoms with Crippen molar-refractivity contribution in [3.8, 4) is 0 Å². The number of hydrogen-bond donors (Lipinski definition) is 0. The summed E-state index contributed by atoms with van der Waals surface area (Å²) in [4.78, 5) is 22.3. The molecule has 0 aliphatic rings. The van der Waals surface area contributed by atoms with E-state index in [1.54, 1.807) is 0 Å². The van der Waals surface area contributed by atoms with Gasteiger partial charge in [0.25, 0.3) is 0 Å². The van der Waals surface area contributed by atoms with Gasteiger partial charge in [0.1, 0.15) is 0 Å². The van der Waals surface area contributed by atoms with Crippen molar-refractivity contribution in [2.24, 2.45) is 5.41 Å². The smallest absolute Gasteiger partial charge is 0.306 e. The van der Waals surface area contributed by atoms with Crippen LogP contribution in [0.3, 0.4) is 0 Å². The highest BCUT2D eigenvalue weighted by Crippen LogP contribution is 2.27. The van der Waals surface area contributed by atoms with Crippen molar-refractivity contribution < 1.29 is 14.3 Å². The molecule has 0 aromatic rings. The highest BCUT2D eigenvalue weighted by Gasteiger charge is 2.25. The molecule has 4 heteroatoms. The molecule has 0 saturated carbocycles. The van der Waals surface area contributed by atoms with Gasteiger partial charge in [-0.2, -0.15) is 0 Å². The molecule has 0 fully saturated rings. The molecular weight excluding hydrogens is 200 g/mol. The standard InChI is InChI=1S/C10H18O3S/c1-5-10(2,3)9(12)14-7-6-8(11)13-4/h5-7H2,1-4H3. The Labute approximate surface area is 89.6 Å². The molecule has 0 atom stereocenters. The van der Waals surface area contributed by atoms with Gasteiger partial charge < -0.3 is 4.74 Å². The molecule has 0 aliphatic carbocycles. The van der Waals surface area contributed by atoms with Crippen molar-refractivity contribution in [1.29, 1.82) is 0 Å². The summed E-state index contributed by atoms with van der Waals surface area (Å²) in [7, 11) is 1.35. The maximum Gasteiger partial charge on any atom is 0.306 e. The molecule has 0 aliphatic heterocycles. The second-order valence-corrected chi connectivity index (χ2v) is 4.77. The number of ether oxygens (including phenoxy) is 1. The summed E-state index contributed by atoms with van der Waals surface area (Å²) >= 11 is 1.21. The highest BCUT2D eigenvalue weighted by atomic mass is 32.2. The Morgan fingerprint density at radius 3 is 2.36 bits per heavy atom. The molecule has 0 unspecified atom stereocenters. The molecule has 0 spiro atoms. The molecule has 0 bridgehead atoms. The molecular formula is C10H18O3S. The van der Waals surface area contributed by atoms with Crippen LogP contribution in [0.2, 0.25) is 0 Å². The van der Waals surface area contributed by atoms with E-state index >= 15 is 0 Å². The highest BCUT2D eigenvalue weighted by molar-refractivity contribution is 8.13. The van der Waals surface area contributed by atoms with E-state index in [2.05, 4.69) is 4.74 Å². The van der Waals surface area contributed by atoms with E-state index < -0.39 is 0 Å². The van der Waals surface area contributed by atoms with Crippen LogP contribution in [0.25, 0.3) is 0 Å². The van der Waals surface area contributed by atoms with Crippen LogP contribution in [0.15, 0.2) is 0 Å². The lowest BCUT2D eigenvalue weighted by Gasteiger charge is -2.19. The minimum absolute atomic E-state index is 0.143. The second-order valence-electron chi connectivity index (χ2n) is 3.70. The van der Waals surface area contributed by atoms with E-state index in [-0.39, 0.29) is 16.5 Å². The maximum absolute atomic E-state index is 11.6. The molecule has 0 amide bonds. The summed E-state index contributed by atoms with van der Waals surface area (Å²) in [5.41, 5.74) is -0.291. The fourth-order valence-electron chi connectivity index (χ4n) is 0.669. The minimum atomic E-state index is -0.291. The zero-order valence-electron chi connectivity index (χ0n) is 9.25. The van der Waals surface area contributed by atoms with Crippen LogP contribution in [-0.4, -0.2) is 23.9 Å². The first-order valence-corrected chi connectivity index (χ1v) is 5.66. The Balaban J connectivity index is 3.80. The van der Waals surface area contributed by atoms with Gasteiger partial charge in [0, 0.05) is 11.2 Å². The fraction of sp³-hybridized carbons (Fsp3) is 0.800. The van der Waals surface area contributed by atoms with E-state index in [0.29, 0.717) is 12.2 Å². The first-order chi connectivity index (χ1) is 6.44. The van der Waals surface area contributed by atoms with Crippen LogP contribution < -0.4 is 0 Å². The number of esters is 1. The van der Waals surface area contributed by atoms with Crippen LogP contribution >= 0.6 is 11.8 Å². The lowest BCUT2D eigenvalue weighted by Crippen LogP contribution is -2.20. The molecule has 82 valence electrons. The summed E-state index contributed by atoms with van der Waals surface area (Å²) < 4.78 is 4.48. The fourth-order valence-corrected chi connectivity index (χ4v) is 1.66. The second kappa shape index (κ2) is 6.06. The summed E-state index contributed by atoms with van der Waals surface area (Å²) in [6.45, 7) is 5.82.